The zero-order valence-corrected chi connectivity index (χ0v) is 22.6. The number of carbonyl (C=O) groups excluding carboxylic acids is 3. The highest BCUT2D eigenvalue weighted by molar-refractivity contribution is 5.93. The predicted octanol–water partition coefficient (Wildman–Crippen LogP) is 2.67. The topological polar surface area (TPSA) is 108 Å². The lowest BCUT2D eigenvalue weighted by molar-refractivity contribution is -0.146. The highest BCUT2D eigenvalue weighted by Gasteiger charge is 2.56. The van der Waals surface area contributed by atoms with Crippen molar-refractivity contribution >= 4 is 23.4 Å². The van der Waals surface area contributed by atoms with Crippen LogP contribution >= 0.6 is 0 Å². The number of carbonyl (C=O) groups is 3. The fourth-order valence-corrected chi connectivity index (χ4v) is 6.54. The van der Waals surface area contributed by atoms with E-state index in [0.717, 1.165) is 29.7 Å². The molecule has 0 aliphatic carbocycles. The maximum atomic E-state index is 14.2. The summed E-state index contributed by atoms with van der Waals surface area (Å²) in [5.41, 5.74) is 7.67. The number of nitrogens with zero attached hydrogens (tertiary/aromatic N) is 2. The molecule has 1 spiro atoms. The molecule has 2 saturated heterocycles. The first-order valence-corrected chi connectivity index (χ1v) is 13.6. The number of hydrogen-bond donors (Lipinski definition) is 3. The lowest BCUT2D eigenvalue weighted by Crippen LogP contribution is -2.59. The SMILES string of the molecule is CN1CC(c2ccccc2)C2(CCCN(C(=O)[C@@H](CC3CNc4ccccc43)NC(=O)C(C)(C)N)C2)C1=O. The maximum Gasteiger partial charge on any atom is 0.245 e. The molecule has 4 N–H and O–H groups in total. The van der Waals surface area contributed by atoms with Crippen molar-refractivity contribution in [3.8, 4) is 0 Å². The van der Waals surface area contributed by atoms with Crippen molar-refractivity contribution in [2.45, 2.75) is 56.5 Å². The highest BCUT2D eigenvalue weighted by atomic mass is 16.2. The Hall–Kier alpha value is -3.39. The first kappa shape index (κ1) is 26.2. The molecule has 5 rings (SSSR count). The molecule has 3 aliphatic rings. The summed E-state index contributed by atoms with van der Waals surface area (Å²) in [7, 11) is 1.85. The number of anilines is 1. The number of benzene rings is 2. The molecular formula is C30H39N5O3. The highest BCUT2D eigenvalue weighted by Crippen LogP contribution is 2.49. The number of hydrogen-bond acceptors (Lipinski definition) is 5. The lowest BCUT2D eigenvalue weighted by Gasteiger charge is -2.43. The van der Waals surface area contributed by atoms with E-state index < -0.39 is 17.0 Å². The molecule has 202 valence electrons. The van der Waals surface area contributed by atoms with Crippen LogP contribution in [0.5, 0.6) is 0 Å². The van der Waals surface area contributed by atoms with Crippen molar-refractivity contribution in [3.05, 3.63) is 65.7 Å². The second-order valence-corrected chi connectivity index (χ2v) is 11.8. The van der Waals surface area contributed by atoms with Gasteiger partial charge in [0.05, 0.1) is 11.0 Å². The van der Waals surface area contributed by atoms with E-state index in [1.165, 1.54) is 0 Å². The molecule has 3 unspecified atom stereocenters. The van der Waals surface area contributed by atoms with E-state index in [-0.39, 0.29) is 29.6 Å². The third-order valence-electron chi connectivity index (χ3n) is 8.58. The van der Waals surface area contributed by atoms with E-state index in [0.29, 0.717) is 32.6 Å². The van der Waals surface area contributed by atoms with E-state index in [2.05, 4.69) is 28.8 Å². The van der Waals surface area contributed by atoms with E-state index in [1.54, 1.807) is 13.8 Å². The zero-order valence-electron chi connectivity index (χ0n) is 22.6. The number of likely N-dealkylation sites (N-methyl/N-ethyl adjacent to an activating group) is 1. The van der Waals surface area contributed by atoms with Crippen LogP contribution in [0.4, 0.5) is 5.69 Å². The van der Waals surface area contributed by atoms with Crippen LogP contribution in [0.3, 0.4) is 0 Å². The Morgan fingerprint density at radius 1 is 1.16 bits per heavy atom. The number of nitrogens with two attached hydrogens (primary N) is 1. The molecule has 3 heterocycles. The average molecular weight is 518 g/mol. The Balaban J connectivity index is 1.42. The fourth-order valence-electron chi connectivity index (χ4n) is 6.54. The van der Waals surface area contributed by atoms with Gasteiger partial charge in [-0.2, -0.15) is 0 Å². The summed E-state index contributed by atoms with van der Waals surface area (Å²) in [6.07, 6.45) is 1.95. The smallest absolute Gasteiger partial charge is 0.245 e. The van der Waals surface area contributed by atoms with E-state index >= 15 is 0 Å². The summed E-state index contributed by atoms with van der Waals surface area (Å²) in [6.45, 7) is 5.54. The first-order chi connectivity index (χ1) is 18.1. The Bertz CT molecular complexity index is 1210. The standard InChI is InChI=1S/C30H39N5O3/c1-29(2,31)27(37)33-25(16-21-17-32-24-13-8-7-12-22(21)24)26(36)35-15-9-14-30(19-35)23(18-34(3)28(30)38)20-10-5-4-6-11-20/h4-8,10-13,21,23,25,32H,9,14-19,31H2,1-3H3,(H,33,37)/t21?,23?,25-,30?/m1/s1. The minimum atomic E-state index is -1.12. The monoisotopic (exact) mass is 517 g/mol. The summed E-state index contributed by atoms with van der Waals surface area (Å²) in [5.74, 6) is -0.308. The molecule has 4 atom stereocenters. The molecule has 0 saturated carbocycles. The Kier molecular flexibility index (Phi) is 6.94. The largest absolute Gasteiger partial charge is 0.384 e. The van der Waals surface area contributed by atoms with Crippen molar-refractivity contribution in [1.82, 2.24) is 15.1 Å². The van der Waals surface area contributed by atoms with Gasteiger partial charge >= 0.3 is 0 Å². The third-order valence-corrected chi connectivity index (χ3v) is 8.58. The minimum Gasteiger partial charge on any atom is -0.384 e. The van der Waals surface area contributed by atoms with Gasteiger partial charge in [0.25, 0.3) is 0 Å². The molecule has 2 aromatic rings. The molecule has 3 aliphatic heterocycles. The van der Waals surface area contributed by atoms with Gasteiger partial charge in [-0.25, -0.2) is 0 Å². The number of para-hydroxylation sites is 1. The third kappa shape index (κ3) is 4.77. The van der Waals surface area contributed by atoms with Crippen LogP contribution < -0.4 is 16.4 Å². The van der Waals surface area contributed by atoms with Crippen molar-refractivity contribution < 1.29 is 14.4 Å². The minimum absolute atomic E-state index is 0.0127. The molecule has 8 heteroatoms. The molecule has 0 radical (unpaired) electrons. The van der Waals surface area contributed by atoms with Crippen molar-refractivity contribution in [1.29, 1.82) is 0 Å². The van der Waals surface area contributed by atoms with Gasteiger partial charge in [-0.15, -0.1) is 0 Å². The lowest BCUT2D eigenvalue weighted by atomic mass is 9.69. The number of likely N-dealkylation sites (tertiary alicyclic amines) is 2. The molecule has 0 bridgehead atoms. The quantitative estimate of drug-likeness (QED) is 0.546. The van der Waals surface area contributed by atoms with Crippen LogP contribution in [0, 0.1) is 5.41 Å². The van der Waals surface area contributed by atoms with Gasteiger partial charge < -0.3 is 26.2 Å². The normalized spacial score (nSPS) is 25.7. The van der Waals surface area contributed by atoms with Crippen molar-refractivity contribution in [2.75, 3.05) is 38.5 Å². The van der Waals surface area contributed by atoms with Gasteiger partial charge in [-0.05, 0) is 50.3 Å². The van der Waals surface area contributed by atoms with Gasteiger partial charge in [0, 0.05) is 50.7 Å². The van der Waals surface area contributed by atoms with Crippen LogP contribution in [0.2, 0.25) is 0 Å². The van der Waals surface area contributed by atoms with Gasteiger partial charge in [-0.3, -0.25) is 14.4 Å². The molecule has 0 aromatic heterocycles. The van der Waals surface area contributed by atoms with Crippen LogP contribution in [0.1, 0.15) is 56.1 Å². The summed E-state index contributed by atoms with van der Waals surface area (Å²) in [4.78, 5) is 44.4. The first-order valence-electron chi connectivity index (χ1n) is 13.6. The van der Waals surface area contributed by atoms with Crippen LogP contribution in [0.15, 0.2) is 54.6 Å². The number of rotatable bonds is 6. The van der Waals surface area contributed by atoms with Crippen molar-refractivity contribution in [2.24, 2.45) is 11.1 Å². The predicted molar refractivity (Wildman–Crippen MR) is 148 cm³/mol. The van der Waals surface area contributed by atoms with Gasteiger partial charge in [-0.1, -0.05) is 48.5 Å². The molecule has 2 fully saturated rings. The maximum absolute atomic E-state index is 14.2. The summed E-state index contributed by atoms with van der Waals surface area (Å²) >= 11 is 0. The summed E-state index contributed by atoms with van der Waals surface area (Å²) < 4.78 is 0. The average Bonchev–Trinajstić information content (AvgIpc) is 3.42. The Morgan fingerprint density at radius 2 is 1.87 bits per heavy atom. The van der Waals surface area contributed by atoms with Gasteiger partial charge in [0.15, 0.2) is 0 Å². The number of piperidine rings is 1. The van der Waals surface area contributed by atoms with Crippen LogP contribution in [-0.2, 0) is 14.4 Å². The van der Waals surface area contributed by atoms with Gasteiger partial charge in [0.2, 0.25) is 17.7 Å². The number of nitrogens with one attached hydrogen (secondary N) is 2. The number of fused-ring (bicyclic) bond motifs is 1. The fraction of sp³-hybridized carbons (Fsp3) is 0.500. The second-order valence-electron chi connectivity index (χ2n) is 11.8. The second kappa shape index (κ2) is 10.1. The number of amides is 3. The molecule has 38 heavy (non-hydrogen) atoms. The molecular weight excluding hydrogens is 478 g/mol. The van der Waals surface area contributed by atoms with E-state index in [9.17, 15) is 14.4 Å². The molecule has 2 aromatic carbocycles. The molecule has 3 amide bonds. The Morgan fingerprint density at radius 3 is 2.61 bits per heavy atom. The van der Waals surface area contributed by atoms with Crippen LogP contribution in [-0.4, -0.2) is 72.3 Å². The van der Waals surface area contributed by atoms with Crippen molar-refractivity contribution in [3.63, 3.8) is 0 Å². The van der Waals surface area contributed by atoms with E-state index in [4.69, 9.17) is 5.73 Å². The zero-order chi connectivity index (χ0) is 27.1. The summed E-state index contributed by atoms with van der Waals surface area (Å²) in [5, 5.41) is 6.39. The Labute approximate surface area is 224 Å². The molecule has 8 nitrogen and oxygen atoms in total. The van der Waals surface area contributed by atoms with E-state index in [1.807, 2.05) is 53.2 Å². The summed E-state index contributed by atoms with van der Waals surface area (Å²) in [6, 6.07) is 17.5. The van der Waals surface area contributed by atoms with Gasteiger partial charge in [0.1, 0.15) is 6.04 Å². The van der Waals surface area contributed by atoms with Crippen LogP contribution in [0.25, 0.3) is 0 Å².